The number of benzene rings is 2. The number of non-ortho nitro benzene ring substituents is 1. The number of fused-ring (bicyclic) bond motifs is 1. The predicted octanol–water partition coefficient (Wildman–Crippen LogP) is 2.42. The fraction of sp³-hybridized carbons (Fsp3) is 0.423. The molecule has 0 radical (unpaired) electrons. The molecule has 0 aliphatic carbocycles. The minimum Gasteiger partial charge on any atom is -0.497 e. The van der Waals surface area contributed by atoms with Gasteiger partial charge in [-0.2, -0.15) is 5.10 Å². The summed E-state index contributed by atoms with van der Waals surface area (Å²) < 4.78 is 16.3. The van der Waals surface area contributed by atoms with Gasteiger partial charge in [0.1, 0.15) is 5.75 Å². The fourth-order valence-corrected chi connectivity index (χ4v) is 5.49. The van der Waals surface area contributed by atoms with Crippen LogP contribution in [0.4, 0.5) is 17.1 Å². The van der Waals surface area contributed by atoms with Crippen LogP contribution in [0.5, 0.6) is 5.75 Å². The Balaban J connectivity index is 1.65. The first-order valence-corrected chi connectivity index (χ1v) is 12.5. The Morgan fingerprint density at radius 1 is 1.11 bits per heavy atom. The maximum Gasteiger partial charge on any atom is 0.354 e. The summed E-state index contributed by atoms with van der Waals surface area (Å²) in [7, 11) is 1.57. The highest BCUT2D eigenvalue weighted by Crippen LogP contribution is 2.47. The second-order valence-corrected chi connectivity index (χ2v) is 9.11. The molecule has 5 rings (SSSR count). The van der Waals surface area contributed by atoms with Gasteiger partial charge in [0, 0.05) is 37.5 Å². The van der Waals surface area contributed by atoms with Gasteiger partial charge < -0.3 is 19.1 Å². The van der Waals surface area contributed by atoms with Gasteiger partial charge in [0.05, 0.1) is 43.5 Å². The van der Waals surface area contributed by atoms with E-state index in [9.17, 15) is 19.7 Å². The Morgan fingerprint density at radius 2 is 1.76 bits per heavy atom. The Morgan fingerprint density at radius 3 is 2.37 bits per heavy atom. The number of nitrogens with zero attached hydrogens (tertiary/aromatic N) is 5. The topological polar surface area (TPSA) is 127 Å². The summed E-state index contributed by atoms with van der Waals surface area (Å²) in [6.07, 6.45) is 0.435. The van der Waals surface area contributed by atoms with Crippen LogP contribution >= 0.6 is 0 Å². The van der Waals surface area contributed by atoms with Crippen LogP contribution in [0.3, 0.4) is 0 Å². The molecule has 38 heavy (non-hydrogen) atoms. The lowest BCUT2D eigenvalue weighted by atomic mass is 9.79. The van der Waals surface area contributed by atoms with E-state index in [1.165, 1.54) is 12.1 Å². The molecule has 1 amide bonds. The van der Waals surface area contributed by atoms with Crippen LogP contribution in [-0.4, -0.2) is 79.6 Å². The van der Waals surface area contributed by atoms with Crippen LogP contribution in [0.25, 0.3) is 0 Å². The van der Waals surface area contributed by atoms with E-state index in [2.05, 4.69) is 0 Å². The number of hydrogen-bond acceptors (Lipinski definition) is 10. The van der Waals surface area contributed by atoms with Gasteiger partial charge in [0.2, 0.25) is 5.66 Å². The summed E-state index contributed by atoms with van der Waals surface area (Å²) in [5, 5.41) is 17.6. The summed E-state index contributed by atoms with van der Waals surface area (Å²) in [5.74, 6) is -0.753. The molecule has 0 saturated carbocycles. The van der Waals surface area contributed by atoms with Crippen molar-refractivity contribution in [3.63, 3.8) is 0 Å². The third kappa shape index (κ3) is 4.15. The molecule has 0 spiro atoms. The number of morpholine rings is 1. The minimum atomic E-state index is -1.36. The first-order valence-electron chi connectivity index (χ1n) is 12.5. The number of nitro benzene ring substituents is 1. The van der Waals surface area contributed by atoms with E-state index in [1.807, 2.05) is 4.90 Å². The lowest BCUT2D eigenvalue weighted by molar-refractivity contribution is -0.384. The van der Waals surface area contributed by atoms with Gasteiger partial charge >= 0.3 is 5.97 Å². The molecule has 0 aromatic heterocycles. The summed E-state index contributed by atoms with van der Waals surface area (Å²) in [6.45, 7) is 3.97. The molecule has 2 atom stereocenters. The summed E-state index contributed by atoms with van der Waals surface area (Å²) in [6, 6.07) is 13.1. The summed E-state index contributed by atoms with van der Waals surface area (Å²) in [5.41, 5.74) is -0.0783. The smallest absolute Gasteiger partial charge is 0.354 e. The van der Waals surface area contributed by atoms with Gasteiger partial charge in [-0.25, -0.2) is 9.80 Å². The van der Waals surface area contributed by atoms with Crippen molar-refractivity contribution in [1.82, 2.24) is 4.90 Å². The highest BCUT2D eigenvalue weighted by molar-refractivity contribution is 6.40. The van der Waals surface area contributed by atoms with Gasteiger partial charge in [-0.3, -0.25) is 19.8 Å². The monoisotopic (exact) mass is 523 g/mol. The molecule has 2 fully saturated rings. The van der Waals surface area contributed by atoms with E-state index in [4.69, 9.17) is 19.3 Å². The van der Waals surface area contributed by atoms with Gasteiger partial charge in [-0.05, 0) is 49.7 Å². The first-order chi connectivity index (χ1) is 18.4. The molecule has 3 heterocycles. The van der Waals surface area contributed by atoms with Crippen molar-refractivity contribution in [2.45, 2.75) is 19.0 Å². The molecule has 12 heteroatoms. The number of methoxy groups -OCH3 is 1. The number of hydrogen-bond donors (Lipinski definition) is 0. The van der Waals surface area contributed by atoms with Crippen molar-refractivity contribution in [3.05, 3.63) is 58.6 Å². The SMILES string of the molecule is CCOC(=O)C1=NN(c2ccc(OC)cc2)[C@]2(N3CCOCC3)C(=O)N(c3ccc([N+](=O)[O-])cc3)CC[C@H]12. The van der Waals surface area contributed by atoms with E-state index in [1.54, 1.807) is 60.3 Å². The molecule has 2 aromatic rings. The number of nitro groups is 1. The standard InChI is InChI=1S/C26H29N5O7/c1-3-38-24(32)23-22-12-13-29(18-4-6-20(7-5-18)31(34)35)25(33)26(22,28-14-16-37-17-15-28)30(27-23)19-8-10-21(36-2)11-9-19/h4-11,22H,3,12-17H2,1-2H3/t22-,26+/m1/s1. The maximum atomic E-state index is 14.7. The van der Waals surface area contributed by atoms with Crippen molar-refractivity contribution in [2.75, 3.05) is 56.5 Å². The molecule has 2 aromatic carbocycles. The van der Waals surface area contributed by atoms with Crippen LogP contribution in [0, 0.1) is 16.0 Å². The van der Waals surface area contributed by atoms with Crippen molar-refractivity contribution in [1.29, 1.82) is 0 Å². The van der Waals surface area contributed by atoms with Crippen LogP contribution < -0.4 is 14.6 Å². The van der Waals surface area contributed by atoms with E-state index in [0.29, 0.717) is 56.4 Å². The normalized spacial score (nSPS) is 23.6. The number of amides is 1. The highest BCUT2D eigenvalue weighted by atomic mass is 16.6. The lowest BCUT2D eigenvalue weighted by Gasteiger charge is -2.53. The third-order valence-electron chi connectivity index (χ3n) is 7.21. The van der Waals surface area contributed by atoms with Crippen LogP contribution in [0.15, 0.2) is 53.6 Å². The molecule has 0 N–H and O–H groups in total. The molecule has 200 valence electrons. The molecule has 0 bridgehead atoms. The number of carbonyl (C=O) groups excluding carboxylic acids is 2. The molecule has 3 aliphatic rings. The van der Waals surface area contributed by atoms with Gasteiger partial charge in [0.25, 0.3) is 11.6 Å². The zero-order valence-electron chi connectivity index (χ0n) is 21.2. The van der Waals surface area contributed by atoms with E-state index < -0.39 is 22.5 Å². The number of piperidine rings is 1. The van der Waals surface area contributed by atoms with Crippen molar-refractivity contribution in [3.8, 4) is 5.75 Å². The van der Waals surface area contributed by atoms with E-state index >= 15 is 0 Å². The molecule has 3 aliphatic heterocycles. The minimum absolute atomic E-state index is 0.0624. The van der Waals surface area contributed by atoms with Gasteiger partial charge in [0.15, 0.2) is 5.71 Å². The van der Waals surface area contributed by atoms with Gasteiger partial charge in [-0.1, -0.05) is 0 Å². The quantitative estimate of drug-likeness (QED) is 0.305. The zero-order chi connectivity index (χ0) is 26.9. The average Bonchev–Trinajstić information content (AvgIpc) is 3.31. The van der Waals surface area contributed by atoms with E-state index in [0.717, 1.165) is 0 Å². The number of ether oxygens (including phenoxy) is 3. The number of hydrazone groups is 1. The Hall–Kier alpha value is -4.03. The Kier molecular flexibility index (Phi) is 7.00. The summed E-state index contributed by atoms with van der Waals surface area (Å²) in [4.78, 5) is 42.2. The first kappa shape index (κ1) is 25.6. The van der Waals surface area contributed by atoms with Crippen LogP contribution in [0.1, 0.15) is 13.3 Å². The van der Waals surface area contributed by atoms with Crippen molar-refractivity contribution >= 4 is 34.7 Å². The largest absolute Gasteiger partial charge is 0.497 e. The van der Waals surface area contributed by atoms with Gasteiger partial charge in [-0.15, -0.1) is 0 Å². The molecular formula is C26H29N5O7. The summed E-state index contributed by atoms with van der Waals surface area (Å²) >= 11 is 0. The van der Waals surface area contributed by atoms with Crippen LogP contribution in [-0.2, 0) is 19.1 Å². The van der Waals surface area contributed by atoms with Crippen molar-refractivity contribution in [2.24, 2.45) is 11.0 Å². The third-order valence-corrected chi connectivity index (χ3v) is 7.21. The second kappa shape index (κ2) is 10.4. The molecular weight excluding hydrogens is 494 g/mol. The average molecular weight is 524 g/mol. The molecule has 2 saturated heterocycles. The molecule has 0 unspecified atom stereocenters. The Labute approximate surface area is 219 Å². The number of anilines is 2. The van der Waals surface area contributed by atoms with E-state index in [-0.39, 0.29) is 23.9 Å². The lowest BCUT2D eigenvalue weighted by Crippen LogP contribution is -2.74. The number of carbonyl (C=O) groups is 2. The Bertz CT molecular complexity index is 1240. The second-order valence-electron chi connectivity index (χ2n) is 9.11. The number of rotatable bonds is 7. The predicted molar refractivity (Wildman–Crippen MR) is 138 cm³/mol. The zero-order valence-corrected chi connectivity index (χ0v) is 21.2. The number of esters is 1. The van der Waals surface area contributed by atoms with Crippen molar-refractivity contribution < 1.29 is 28.7 Å². The fourth-order valence-electron chi connectivity index (χ4n) is 5.49. The van der Waals surface area contributed by atoms with Crippen LogP contribution in [0.2, 0.25) is 0 Å². The highest BCUT2D eigenvalue weighted by Gasteiger charge is 2.65. The maximum absolute atomic E-state index is 14.7. The molecule has 12 nitrogen and oxygen atoms in total.